The average Bonchev–Trinajstić information content (AvgIpc) is 3.34. The molecule has 0 aliphatic heterocycles. The van der Waals surface area contributed by atoms with Crippen LogP contribution in [0.3, 0.4) is 0 Å². The SMILES string of the molecule is [C-]1=CC=CC1.[C-]1=CC=CC1.[Hf].c1ccc(-c2ccccc2)cc1. The molecule has 23 heavy (non-hydrogen) atoms. The predicted molar refractivity (Wildman–Crippen MR) is 95.0 cm³/mol. The van der Waals surface area contributed by atoms with E-state index in [-0.39, 0.29) is 25.8 Å². The Kier molecular flexibility index (Phi) is 10.7. The number of hydrogen-bond donors (Lipinski definition) is 0. The molecule has 1 heteroatoms. The van der Waals surface area contributed by atoms with Gasteiger partial charge in [-0.2, -0.15) is 12.2 Å². The normalized spacial score (nSPS) is 12.7. The minimum Gasteiger partial charge on any atom is -0.273 e. The minimum atomic E-state index is 0. The van der Waals surface area contributed by atoms with Crippen molar-refractivity contribution in [3.8, 4) is 11.1 Å². The summed E-state index contributed by atoms with van der Waals surface area (Å²) in [5.74, 6) is 0. The van der Waals surface area contributed by atoms with Gasteiger partial charge in [0.25, 0.3) is 0 Å². The molecule has 0 aromatic heterocycles. The Hall–Kier alpha value is -1.73. The standard InChI is InChI=1S/C12H10.2C5H5.Hf/c1-3-7-11(8-4-1)12-9-5-2-6-10-12;2*1-2-4-5-3-1;/h1-10H;2*1-3H,4H2;/q;2*-1;. The average molecular weight is 463 g/mol. The van der Waals surface area contributed by atoms with Crippen molar-refractivity contribution < 1.29 is 25.8 Å². The first-order valence-corrected chi connectivity index (χ1v) is 7.51. The molecule has 114 valence electrons. The topological polar surface area (TPSA) is 0 Å². The fourth-order valence-electron chi connectivity index (χ4n) is 1.94. The molecule has 2 aromatic carbocycles. The van der Waals surface area contributed by atoms with Gasteiger partial charge in [-0.25, -0.2) is 24.3 Å². The van der Waals surface area contributed by atoms with Gasteiger partial charge in [0.2, 0.25) is 0 Å². The number of rotatable bonds is 1. The van der Waals surface area contributed by atoms with Gasteiger partial charge in [0, 0.05) is 25.8 Å². The van der Waals surface area contributed by atoms with E-state index >= 15 is 0 Å². The molecular formula is C22H20Hf-2. The zero-order valence-corrected chi connectivity index (χ0v) is 16.7. The number of hydrogen-bond acceptors (Lipinski definition) is 0. The van der Waals surface area contributed by atoms with Crippen molar-refractivity contribution in [2.24, 2.45) is 0 Å². The Labute approximate surface area is 158 Å². The summed E-state index contributed by atoms with van der Waals surface area (Å²) in [6.45, 7) is 0. The van der Waals surface area contributed by atoms with Crippen LogP contribution in [0.25, 0.3) is 11.1 Å². The zero-order valence-electron chi connectivity index (χ0n) is 13.2. The van der Waals surface area contributed by atoms with Crippen LogP contribution in [0.4, 0.5) is 0 Å². The molecule has 0 unspecified atom stereocenters. The minimum absolute atomic E-state index is 0. The smallest absolute Gasteiger partial charge is 0 e. The summed E-state index contributed by atoms with van der Waals surface area (Å²) >= 11 is 0. The Morgan fingerprint density at radius 3 is 1.17 bits per heavy atom. The summed E-state index contributed by atoms with van der Waals surface area (Å²) in [5.41, 5.74) is 2.55. The summed E-state index contributed by atoms with van der Waals surface area (Å²) in [6, 6.07) is 20.8. The summed E-state index contributed by atoms with van der Waals surface area (Å²) in [6.07, 6.45) is 20.0. The summed E-state index contributed by atoms with van der Waals surface area (Å²) in [5, 5.41) is 0. The molecule has 4 rings (SSSR count). The van der Waals surface area contributed by atoms with Crippen molar-refractivity contribution >= 4 is 0 Å². The third-order valence-electron chi connectivity index (χ3n) is 3.05. The molecule has 0 nitrogen and oxygen atoms in total. The second kappa shape index (κ2) is 12.8. The van der Waals surface area contributed by atoms with Crippen molar-refractivity contribution in [3.05, 3.63) is 109 Å². The van der Waals surface area contributed by atoms with Gasteiger partial charge < -0.3 is 0 Å². The predicted octanol–water partition coefficient (Wildman–Crippen LogP) is 5.96. The van der Waals surface area contributed by atoms with E-state index in [1.54, 1.807) is 0 Å². The van der Waals surface area contributed by atoms with E-state index in [0.29, 0.717) is 0 Å². The molecule has 0 atom stereocenters. The first-order chi connectivity index (χ1) is 11.0. The van der Waals surface area contributed by atoms with Crippen molar-refractivity contribution in [2.45, 2.75) is 12.8 Å². The van der Waals surface area contributed by atoms with Gasteiger partial charge in [0.15, 0.2) is 0 Å². The first-order valence-electron chi connectivity index (χ1n) is 7.51. The molecule has 2 aromatic rings. The third-order valence-corrected chi connectivity index (χ3v) is 3.05. The number of benzene rings is 2. The first kappa shape index (κ1) is 19.3. The molecule has 0 fully saturated rings. The van der Waals surface area contributed by atoms with Crippen LogP contribution in [0.5, 0.6) is 0 Å². The van der Waals surface area contributed by atoms with Crippen LogP contribution in [-0.4, -0.2) is 0 Å². The Morgan fingerprint density at radius 2 is 0.957 bits per heavy atom. The second-order valence-electron chi connectivity index (χ2n) is 4.74. The van der Waals surface area contributed by atoms with Gasteiger partial charge in [0.1, 0.15) is 0 Å². The van der Waals surface area contributed by atoms with E-state index in [1.807, 2.05) is 36.4 Å². The molecule has 0 heterocycles. The third kappa shape index (κ3) is 8.47. The van der Waals surface area contributed by atoms with Crippen molar-refractivity contribution in [1.29, 1.82) is 0 Å². The van der Waals surface area contributed by atoms with Crippen LogP contribution in [0, 0.1) is 12.2 Å². The molecular weight excluding hydrogens is 443 g/mol. The van der Waals surface area contributed by atoms with Crippen molar-refractivity contribution in [2.75, 3.05) is 0 Å². The Balaban J connectivity index is 0.000000200. The van der Waals surface area contributed by atoms with Crippen molar-refractivity contribution in [3.63, 3.8) is 0 Å². The van der Waals surface area contributed by atoms with E-state index in [4.69, 9.17) is 0 Å². The molecule has 2 aliphatic carbocycles. The fraction of sp³-hybridized carbons (Fsp3) is 0.0909. The fourth-order valence-corrected chi connectivity index (χ4v) is 1.94. The molecule has 0 amide bonds. The number of allylic oxidation sites excluding steroid dienone is 8. The van der Waals surface area contributed by atoms with Crippen LogP contribution in [-0.2, 0) is 25.8 Å². The summed E-state index contributed by atoms with van der Waals surface area (Å²) in [4.78, 5) is 0. The monoisotopic (exact) mass is 464 g/mol. The van der Waals surface area contributed by atoms with Crippen LogP contribution >= 0.6 is 0 Å². The largest absolute Gasteiger partial charge is 0.273 e. The van der Waals surface area contributed by atoms with Crippen LogP contribution in [0.2, 0.25) is 0 Å². The van der Waals surface area contributed by atoms with E-state index in [9.17, 15) is 0 Å². The Morgan fingerprint density at radius 1 is 0.565 bits per heavy atom. The summed E-state index contributed by atoms with van der Waals surface area (Å²) in [7, 11) is 0. The van der Waals surface area contributed by atoms with Crippen molar-refractivity contribution in [1.82, 2.24) is 0 Å². The van der Waals surface area contributed by atoms with Crippen LogP contribution in [0.15, 0.2) is 97.1 Å². The molecule has 0 radical (unpaired) electrons. The van der Waals surface area contributed by atoms with E-state index in [2.05, 4.69) is 72.8 Å². The Bertz CT molecular complexity index is 555. The van der Waals surface area contributed by atoms with E-state index < -0.39 is 0 Å². The van der Waals surface area contributed by atoms with Gasteiger partial charge in [-0.1, -0.05) is 60.7 Å². The maximum atomic E-state index is 2.99. The van der Waals surface area contributed by atoms with Gasteiger partial charge in [-0.15, -0.1) is 12.8 Å². The molecule has 0 saturated heterocycles. The molecule has 0 saturated carbocycles. The van der Waals surface area contributed by atoms with Gasteiger partial charge in [-0.3, -0.25) is 12.2 Å². The second-order valence-corrected chi connectivity index (χ2v) is 4.74. The van der Waals surface area contributed by atoms with Crippen LogP contribution in [0.1, 0.15) is 12.8 Å². The molecule has 0 N–H and O–H groups in total. The molecule has 2 aliphatic rings. The summed E-state index contributed by atoms with van der Waals surface area (Å²) < 4.78 is 0. The molecule has 0 bridgehead atoms. The quantitative estimate of drug-likeness (QED) is 0.362. The maximum absolute atomic E-state index is 2.99. The van der Waals surface area contributed by atoms with Gasteiger partial charge in [-0.05, 0) is 11.1 Å². The maximum Gasteiger partial charge on any atom is 0 e. The zero-order chi connectivity index (χ0) is 15.3. The molecule has 0 spiro atoms. The van der Waals surface area contributed by atoms with Gasteiger partial charge in [0.05, 0.1) is 0 Å². The van der Waals surface area contributed by atoms with E-state index in [0.717, 1.165) is 12.8 Å². The van der Waals surface area contributed by atoms with Crippen LogP contribution < -0.4 is 0 Å². The van der Waals surface area contributed by atoms with Gasteiger partial charge >= 0.3 is 0 Å². The van der Waals surface area contributed by atoms with E-state index in [1.165, 1.54) is 11.1 Å².